The first kappa shape index (κ1) is 27.0. The number of aryl methyl sites for hydroxylation is 2. The monoisotopic (exact) mass is 683 g/mol. The third kappa shape index (κ3) is 3.70. The van der Waals surface area contributed by atoms with Gasteiger partial charge in [-0.3, -0.25) is 15.0 Å². The third-order valence-corrected chi connectivity index (χ3v) is 9.10. The fraction of sp³-hybridized carbons (Fsp3) is 0.0513. The van der Waals surface area contributed by atoms with E-state index in [1.165, 1.54) is 11.1 Å². The number of aromatic nitrogens is 5. The van der Waals surface area contributed by atoms with Crippen molar-refractivity contribution in [2.75, 3.05) is 0 Å². The second kappa shape index (κ2) is 9.82. The van der Waals surface area contributed by atoms with Crippen LogP contribution in [0.2, 0.25) is 0 Å². The van der Waals surface area contributed by atoms with Gasteiger partial charge in [0, 0.05) is 34.9 Å². The molecule has 0 aliphatic heterocycles. The maximum atomic E-state index is 6.51. The quantitative estimate of drug-likeness (QED) is 0.104. The van der Waals surface area contributed by atoms with Crippen molar-refractivity contribution < 1.29 is 25.2 Å². The Hall–Kier alpha value is -5.35. The first-order chi connectivity index (χ1) is 22.1. The number of para-hydroxylation sites is 4. The molecular weight excluding hydrogens is 661 g/mol. The molecule has 10 aromatic rings. The van der Waals surface area contributed by atoms with Gasteiger partial charge >= 0.3 is 20.4 Å². The SMILES string of the molecule is Cc1cc2c3ccc(Oc4[c-]c5c(cc4)c4cnccc4n4c6ccccc6nc54)[c-]c3c3nc4ccccc4n3c2cc1C.[Pd+2]. The van der Waals surface area contributed by atoms with Crippen molar-refractivity contribution in [2.24, 2.45) is 0 Å². The number of nitrogens with zero attached hydrogens (tertiary/aromatic N) is 5. The molecule has 10 rings (SSSR count). The van der Waals surface area contributed by atoms with E-state index >= 15 is 0 Å². The van der Waals surface area contributed by atoms with Crippen LogP contribution < -0.4 is 4.74 Å². The van der Waals surface area contributed by atoms with Crippen LogP contribution in [0, 0.1) is 26.0 Å². The van der Waals surface area contributed by atoms with Crippen LogP contribution in [0.3, 0.4) is 0 Å². The molecule has 0 bridgehead atoms. The van der Waals surface area contributed by atoms with E-state index in [0.717, 1.165) is 76.7 Å². The molecule has 0 aliphatic carbocycles. The normalized spacial score (nSPS) is 12.0. The van der Waals surface area contributed by atoms with E-state index < -0.39 is 0 Å². The topological polar surface area (TPSA) is 56.7 Å². The Balaban J connectivity index is 0.00000292. The van der Waals surface area contributed by atoms with Crippen molar-refractivity contribution in [2.45, 2.75) is 13.8 Å². The van der Waals surface area contributed by atoms with Crippen LogP contribution in [0.1, 0.15) is 11.1 Å². The number of rotatable bonds is 2. The van der Waals surface area contributed by atoms with E-state index in [0.29, 0.717) is 11.5 Å². The van der Waals surface area contributed by atoms with Gasteiger partial charge < -0.3 is 13.5 Å². The van der Waals surface area contributed by atoms with Gasteiger partial charge in [0.2, 0.25) is 0 Å². The van der Waals surface area contributed by atoms with Gasteiger partial charge in [0.1, 0.15) is 0 Å². The number of benzene rings is 5. The Morgan fingerprint density at radius 3 is 1.78 bits per heavy atom. The molecule has 6 nitrogen and oxygen atoms in total. The number of fused-ring (bicyclic) bond motifs is 16. The van der Waals surface area contributed by atoms with Crippen LogP contribution in [0.15, 0.2) is 103 Å². The van der Waals surface area contributed by atoms with Gasteiger partial charge in [-0.25, -0.2) is 0 Å². The molecule has 5 aromatic heterocycles. The second-order valence-electron chi connectivity index (χ2n) is 11.7. The fourth-order valence-electron chi connectivity index (χ4n) is 6.85. The van der Waals surface area contributed by atoms with Crippen LogP contribution in [-0.2, 0) is 20.4 Å². The van der Waals surface area contributed by atoms with E-state index in [-0.39, 0.29) is 20.4 Å². The summed E-state index contributed by atoms with van der Waals surface area (Å²) in [6.07, 6.45) is 3.73. The minimum Gasteiger partial charge on any atom is -0.497 e. The molecule has 7 heteroatoms. The summed E-state index contributed by atoms with van der Waals surface area (Å²) in [7, 11) is 0. The van der Waals surface area contributed by atoms with Crippen LogP contribution in [0.5, 0.6) is 11.5 Å². The largest absolute Gasteiger partial charge is 2.00 e. The summed E-state index contributed by atoms with van der Waals surface area (Å²) in [5, 5.41) is 6.12. The minimum absolute atomic E-state index is 0. The van der Waals surface area contributed by atoms with Gasteiger partial charge in [0.25, 0.3) is 0 Å². The Kier molecular flexibility index (Phi) is 5.77. The Bertz CT molecular complexity index is 2890. The van der Waals surface area contributed by atoms with Crippen molar-refractivity contribution >= 4 is 76.7 Å². The van der Waals surface area contributed by atoms with Crippen molar-refractivity contribution in [3.8, 4) is 11.5 Å². The Morgan fingerprint density at radius 1 is 0.565 bits per heavy atom. The molecule has 0 radical (unpaired) electrons. The van der Waals surface area contributed by atoms with Crippen molar-refractivity contribution in [3.05, 3.63) is 127 Å². The zero-order valence-electron chi connectivity index (χ0n) is 24.8. The van der Waals surface area contributed by atoms with E-state index in [9.17, 15) is 0 Å². The fourth-order valence-corrected chi connectivity index (χ4v) is 6.85. The number of hydrogen-bond donors (Lipinski definition) is 0. The van der Waals surface area contributed by atoms with Crippen molar-refractivity contribution in [1.82, 2.24) is 23.8 Å². The van der Waals surface area contributed by atoms with E-state index in [1.807, 2.05) is 54.9 Å². The predicted octanol–water partition coefficient (Wildman–Crippen LogP) is 9.30. The third-order valence-electron chi connectivity index (χ3n) is 9.10. The van der Waals surface area contributed by atoms with Gasteiger partial charge in [-0.1, -0.05) is 76.1 Å². The summed E-state index contributed by atoms with van der Waals surface area (Å²) >= 11 is 0. The smallest absolute Gasteiger partial charge is 0.497 e. The first-order valence-corrected chi connectivity index (χ1v) is 15.0. The summed E-state index contributed by atoms with van der Waals surface area (Å²) in [6.45, 7) is 4.32. The molecule has 5 aromatic carbocycles. The predicted molar refractivity (Wildman–Crippen MR) is 180 cm³/mol. The molecular formula is C39H23N5OPd. The molecule has 220 valence electrons. The Labute approximate surface area is 276 Å². The summed E-state index contributed by atoms with van der Waals surface area (Å²) < 4.78 is 10.9. The molecule has 0 fully saturated rings. The van der Waals surface area contributed by atoms with Gasteiger partial charge in [0.15, 0.2) is 0 Å². The first-order valence-electron chi connectivity index (χ1n) is 15.0. The average molecular weight is 684 g/mol. The summed E-state index contributed by atoms with van der Waals surface area (Å²) in [5.41, 5.74) is 10.4. The standard InChI is InChI=1S/C39H23N5O.Pd/c1-22-17-28-26-13-11-24(19-29(26)39-42-33-8-4-6-10-36(33)44(39)37(28)18-23(22)2)45-25-12-14-27-30(20-25)38-41-32-7-3-5-9-35(32)43(38)34-15-16-40-21-31(27)34;/h3-18,21H,1-2H3;/q-2;+2. The van der Waals surface area contributed by atoms with Crippen LogP contribution >= 0.6 is 0 Å². The van der Waals surface area contributed by atoms with Gasteiger partial charge in [-0.2, -0.15) is 0 Å². The van der Waals surface area contributed by atoms with Crippen LogP contribution in [0.4, 0.5) is 0 Å². The molecule has 5 heterocycles. The number of pyridine rings is 3. The maximum Gasteiger partial charge on any atom is 2.00 e. The average Bonchev–Trinajstić information content (AvgIpc) is 3.66. The second-order valence-corrected chi connectivity index (χ2v) is 11.7. The molecule has 0 aliphatic rings. The molecule has 0 amide bonds. The summed E-state index contributed by atoms with van der Waals surface area (Å²) in [4.78, 5) is 14.5. The molecule has 0 atom stereocenters. The maximum absolute atomic E-state index is 6.51. The van der Waals surface area contributed by atoms with E-state index in [2.05, 4.69) is 88.3 Å². The van der Waals surface area contributed by atoms with Crippen molar-refractivity contribution in [3.63, 3.8) is 0 Å². The van der Waals surface area contributed by atoms with E-state index in [1.54, 1.807) is 0 Å². The van der Waals surface area contributed by atoms with E-state index in [4.69, 9.17) is 14.7 Å². The zero-order chi connectivity index (χ0) is 29.8. The molecule has 0 unspecified atom stereocenters. The van der Waals surface area contributed by atoms with Crippen molar-refractivity contribution in [1.29, 1.82) is 0 Å². The van der Waals surface area contributed by atoms with Crippen LogP contribution in [-0.4, -0.2) is 23.8 Å². The van der Waals surface area contributed by atoms with Gasteiger partial charge in [-0.05, 0) is 72.1 Å². The summed E-state index contributed by atoms with van der Waals surface area (Å²) in [6, 6.07) is 38.3. The number of hydrogen-bond acceptors (Lipinski definition) is 4. The number of imidazole rings is 2. The minimum atomic E-state index is 0. The molecule has 46 heavy (non-hydrogen) atoms. The van der Waals surface area contributed by atoms with Crippen LogP contribution in [0.25, 0.3) is 76.7 Å². The zero-order valence-corrected chi connectivity index (χ0v) is 26.3. The number of ether oxygens (including phenoxy) is 1. The van der Waals surface area contributed by atoms with Gasteiger partial charge in [0.05, 0.1) is 33.4 Å². The molecule has 0 N–H and O–H groups in total. The Morgan fingerprint density at radius 2 is 1.13 bits per heavy atom. The summed E-state index contributed by atoms with van der Waals surface area (Å²) in [5.74, 6) is 1.19. The molecule has 0 spiro atoms. The molecule has 0 saturated heterocycles. The molecule has 0 saturated carbocycles. The van der Waals surface area contributed by atoms with Gasteiger partial charge in [-0.15, -0.1) is 12.1 Å².